The van der Waals surface area contributed by atoms with Crippen LogP contribution in [0.4, 0.5) is 0 Å². The molecule has 9 nitrogen and oxygen atoms in total. The predicted octanol–water partition coefficient (Wildman–Crippen LogP) is 24.0. The lowest BCUT2D eigenvalue weighted by Gasteiger charge is -2.26. The van der Waals surface area contributed by atoms with Crippen molar-refractivity contribution < 1.29 is 42.9 Å². The molecule has 0 amide bonds. The normalized spacial score (nSPS) is 14.1. The highest BCUT2D eigenvalue weighted by Crippen LogP contribution is 2.14. The third-order valence-electron chi connectivity index (χ3n) is 15.3. The molecule has 0 bridgehead atoms. The Bertz CT molecular complexity index is 2620. The molecule has 0 spiro atoms. The number of carboxylic acids is 1. The van der Waals surface area contributed by atoms with Crippen LogP contribution in [0.1, 0.15) is 245 Å². The molecule has 2 atom stereocenters. The summed E-state index contributed by atoms with van der Waals surface area (Å²) < 4.78 is 22.8. The van der Waals surface area contributed by atoms with Gasteiger partial charge in [-0.3, -0.25) is 9.59 Å². The van der Waals surface area contributed by atoms with Crippen molar-refractivity contribution in [2.75, 3.05) is 47.5 Å². The van der Waals surface area contributed by atoms with E-state index >= 15 is 0 Å². The van der Waals surface area contributed by atoms with Crippen molar-refractivity contribution >= 4 is 17.9 Å². The summed E-state index contributed by atoms with van der Waals surface area (Å²) in [6.07, 6.45) is 125. The summed E-state index contributed by atoms with van der Waals surface area (Å²) >= 11 is 0. The average Bonchev–Trinajstić information content (AvgIpc) is 1.21. The van der Waals surface area contributed by atoms with Gasteiger partial charge < -0.3 is 33.3 Å². The average molecular weight is 1390 g/mol. The molecule has 0 aromatic carbocycles. The van der Waals surface area contributed by atoms with Gasteiger partial charge in [0.15, 0.2) is 12.4 Å². The smallest absolute Gasteiger partial charge is 0.306 e. The fraction of sp³-hybridized carbons (Fsp3) is 0.511. The Morgan fingerprint density at radius 3 is 0.792 bits per heavy atom. The zero-order valence-electron chi connectivity index (χ0n) is 63.9. The second-order valence-corrected chi connectivity index (χ2v) is 25.8. The number of nitrogens with zero attached hydrogens (tertiary/aromatic N) is 1. The number of quaternary nitrogens is 1. The monoisotopic (exact) mass is 1390 g/mol. The van der Waals surface area contributed by atoms with Gasteiger partial charge in [-0.25, -0.2) is 0 Å². The summed E-state index contributed by atoms with van der Waals surface area (Å²) in [5.41, 5.74) is 0. The molecule has 0 aliphatic rings. The third-order valence-corrected chi connectivity index (χ3v) is 15.3. The second-order valence-electron chi connectivity index (χ2n) is 25.8. The highest BCUT2D eigenvalue weighted by Gasteiger charge is 2.22. The number of rotatable bonds is 68. The van der Waals surface area contributed by atoms with Gasteiger partial charge in [-0.15, -0.1) is 0 Å². The quantitative estimate of drug-likeness (QED) is 0.0195. The van der Waals surface area contributed by atoms with Gasteiger partial charge in [0.05, 0.1) is 40.3 Å². The topological polar surface area (TPSA) is 111 Å². The van der Waals surface area contributed by atoms with Crippen LogP contribution in [-0.4, -0.2) is 82.3 Å². The van der Waals surface area contributed by atoms with Gasteiger partial charge in [0.25, 0.3) is 0 Å². The summed E-state index contributed by atoms with van der Waals surface area (Å²) in [6, 6.07) is 0. The van der Waals surface area contributed by atoms with E-state index in [0.29, 0.717) is 23.9 Å². The van der Waals surface area contributed by atoms with Crippen LogP contribution in [0.15, 0.2) is 255 Å². The van der Waals surface area contributed by atoms with Crippen LogP contribution in [0.2, 0.25) is 0 Å². The van der Waals surface area contributed by atoms with E-state index in [0.717, 1.165) is 186 Å². The van der Waals surface area contributed by atoms with Crippen molar-refractivity contribution in [3.63, 3.8) is 0 Å². The Labute approximate surface area is 617 Å². The van der Waals surface area contributed by atoms with Crippen molar-refractivity contribution in [2.24, 2.45) is 0 Å². The largest absolute Gasteiger partial charge is 0.545 e. The lowest BCUT2D eigenvalue weighted by Crippen LogP contribution is -2.44. The summed E-state index contributed by atoms with van der Waals surface area (Å²) in [7, 11) is 5.90. The number of allylic oxidation sites excluding steroid dienone is 42. The number of unbranched alkanes of at least 4 members (excludes halogenated alkanes) is 11. The lowest BCUT2D eigenvalue weighted by molar-refractivity contribution is -0.870. The van der Waals surface area contributed by atoms with Gasteiger partial charge >= 0.3 is 11.9 Å². The fourth-order valence-electron chi connectivity index (χ4n) is 9.45. The summed E-state index contributed by atoms with van der Waals surface area (Å²) in [4.78, 5) is 37.6. The molecule has 0 aliphatic carbocycles. The van der Waals surface area contributed by atoms with E-state index in [1.165, 1.54) is 19.3 Å². The molecule has 0 saturated heterocycles. The maximum atomic E-state index is 13.0. The maximum absolute atomic E-state index is 13.0. The molecule has 0 aliphatic heterocycles. The molecule has 101 heavy (non-hydrogen) atoms. The standard InChI is InChI=1S/C92H139NO8/c1-6-8-10-12-14-16-18-20-22-24-26-28-30-32-34-36-38-40-42-43-44-45-46-47-49-51-53-55-57-59-61-63-65-67-69-71-73-75-77-79-81-83-90(95)101-88(87-100-92(91(96)97)98-85-84-93(3,4)5)86-99-89(94)82-80-78-76-74-72-70-68-66-64-62-60-58-56-54-52-50-48-41-39-37-35-33-31-29-27-25-23-21-19-17-15-13-11-9-7-2/h8-11,14-17,20-23,26-29,32-35,38-41,43-44,46-47,50-53,56-59,62-65,69,71,88,92H,6-7,12-13,18-19,24-25,30-31,36-37,42,45,48-49,54-55,60-61,66-68,70,72-87H2,1-5H3/b10-8-,11-9-,16-14-,17-15-,22-20-,23-21-,28-26-,29-27-,34-32-,35-33-,40-38-,41-39-,44-43-,47-46-,52-50-,53-51-,58-56-,59-57-,64-62-,65-63-,71-69-. The minimum absolute atomic E-state index is 0.126. The molecule has 0 aromatic heterocycles. The highest BCUT2D eigenvalue weighted by atomic mass is 16.7. The van der Waals surface area contributed by atoms with Gasteiger partial charge in [0.1, 0.15) is 13.2 Å². The molecule has 0 fully saturated rings. The van der Waals surface area contributed by atoms with Gasteiger partial charge in [-0.2, -0.15) is 0 Å². The molecule has 0 radical (unpaired) electrons. The molecule has 560 valence electrons. The predicted molar refractivity (Wildman–Crippen MR) is 434 cm³/mol. The molecular formula is C92H139NO8. The molecule has 0 aromatic rings. The number of likely N-dealkylation sites (N-methyl/N-ethyl adjacent to an activating group) is 1. The van der Waals surface area contributed by atoms with Crippen molar-refractivity contribution in [1.82, 2.24) is 0 Å². The fourth-order valence-corrected chi connectivity index (χ4v) is 9.45. The first-order valence-corrected chi connectivity index (χ1v) is 38.8. The summed E-state index contributed by atoms with van der Waals surface area (Å²) in [5.74, 6) is -2.36. The van der Waals surface area contributed by atoms with E-state index in [4.69, 9.17) is 18.9 Å². The molecule has 0 saturated carbocycles. The Morgan fingerprint density at radius 2 is 0.535 bits per heavy atom. The van der Waals surface area contributed by atoms with Crippen LogP contribution in [0.3, 0.4) is 0 Å². The van der Waals surface area contributed by atoms with Crippen LogP contribution in [-0.2, 0) is 33.3 Å². The van der Waals surface area contributed by atoms with Crippen LogP contribution in [0.25, 0.3) is 0 Å². The van der Waals surface area contributed by atoms with E-state index in [1.54, 1.807) is 0 Å². The van der Waals surface area contributed by atoms with Gasteiger partial charge in [-0.05, 0) is 173 Å². The van der Waals surface area contributed by atoms with Gasteiger partial charge in [0.2, 0.25) is 0 Å². The molecular weight excluding hydrogens is 1250 g/mol. The zero-order valence-corrected chi connectivity index (χ0v) is 63.9. The summed E-state index contributed by atoms with van der Waals surface area (Å²) in [5, 5.41) is 11.9. The minimum atomic E-state index is -1.65. The molecule has 0 N–H and O–H groups in total. The van der Waals surface area contributed by atoms with E-state index < -0.39 is 24.3 Å². The number of carbonyl (C=O) groups excluding carboxylic acids is 3. The SMILES string of the molecule is CC/C=C\C/C=C\C/C=C\C/C=C\C/C=C\C/C=C\C/C=C\C/C=C\C/C=C\C/C=C\C/C=C\C/C=C\CCCCCCC(=O)OC(COC(=O)CCCCCCCCC/C=C\C/C=C\C/C=C\C/C=C\C/C=C\C/C=C\C/C=C\C/C=C\C/C=C\CC)COC(OCC[N+](C)(C)C)C(=O)[O-]. The van der Waals surface area contributed by atoms with Gasteiger partial charge in [0, 0.05) is 12.8 Å². The van der Waals surface area contributed by atoms with Crippen molar-refractivity contribution in [2.45, 2.75) is 257 Å². The Hall–Kier alpha value is -7.17. The minimum Gasteiger partial charge on any atom is -0.545 e. The van der Waals surface area contributed by atoms with E-state index in [2.05, 4.69) is 269 Å². The number of carboxylic acid groups (broad SMARTS) is 1. The molecule has 9 heteroatoms. The first-order valence-electron chi connectivity index (χ1n) is 38.8. The first kappa shape index (κ1) is 93.8. The lowest BCUT2D eigenvalue weighted by atomic mass is 10.1. The van der Waals surface area contributed by atoms with Crippen LogP contribution in [0.5, 0.6) is 0 Å². The van der Waals surface area contributed by atoms with E-state index in [1.807, 2.05) is 21.1 Å². The number of carbonyl (C=O) groups is 3. The Kier molecular flexibility index (Phi) is 73.0. The number of esters is 2. The Balaban J connectivity index is 4.27. The van der Waals surface area contributed by atoms with Crippen molar-refractivity contribution in [1.29, 1.82) is 0 Å². The Morgan fingerprint density at radius 1 is 0.297 bits per heavy atom. The number of hydrogen-bond acceptors (Lipinski definition) is 8. The zero-order chi connectivity index (χ0) is 73.2. The summed E-state index contributed by atoms with van der Waals surface area (Å²) in [6.45, 7) is 4.44. The first-order chi connectivity index (χ1) is 49.6. The molecule has 0 heterocycles. The van der Waals surface area contributed by atoms with E-state index in [-0.39, 0.29) is 38.6 Å². The third kappa shape index (κ3) is 80.0. The number of aliphatic carboxylic acids is 1. The molecule has 0 rings (SSSR count). The van der Waals surface area contributed by atoms with Crippen LogP contribution >= 0.6 is 0 Å². The van der Waals surface area contributed by atoms with Crippen molar-refractivity contribution in [3.05, 3.63) is 255 Å². The second kappa shape index (κ2) is 78.5. The van der Waals surface area contributed by atoms with E-state index in [9.17, 15) is 19.5 Å². The highest BCUT2D eigenvalue weighted by molar-refractivity contribution is 5.70. The van der Waals surface area contributed by atoms with Gasteiger partial charge in [-0.1, -0.05) is 314 Å². The number of ether oxygens (including phenoxy) is 4. The maximum Gasteiger partial charge on any atom is 0.306 e. The van der Waals surface area contributed by atoms with Crippen molar-refractivity contribution in [3.8, 4) is 0 Å². The molecule has 2 unspecified atom stereocenters. The van der Waals surface area contributed by atoms with Crippen LogP contribution in [0, 0.1) is 0 Å². The number of hydrogen-bond donors (Lipinski definition) is 0. The van der Waals surface area contributed by atoms with Crippen LogP contribution < -0.4 is 5.11 Å².